The molecule has 0 atom stereocenters. The average Bonchev–Trinajstić information content (AvgIpc) is 2.48. The minimum atomic E-state index is -0.0899. The van der Waals surface area contributed by atoms with E-state index in [1.165, 1.54) is 11.1 Å². The Balaban J connectivity index is 1.73. The third-order valence-electron chi connectivity index (χ3n) is 3.27. The molecule has 2 N–H and O–H groups in total. The van der Waals surface area contributed by atoms with Crippen LogP contribution in [0.2, 0.25) is 5.02 Å². The van der Waals surface area contributed by atoms with Crippen molar-refractivity contribution < 1.29 is 4.79 Å². The summed E-state index contributed by atoms with van der Waals surface area (Å²) >= 11 is 5.99. The minimum Gasteiger partial charge on any atom is -0.324 e. The van der Waals surface area contributed by atoms with Gasteiger partial charge in [-0.2, -0.15) is 0 Å². The first kappa shape index (κ1) is 15.5. The number of benzene rings is 2. The van der Waals surface area contributed by atoms with Crippen molar-refractivity contribution in [1.29, 1.82) is 0 Å². The van der Waals surface area contributed by atoms with Crippen LogP contribution in [0.1, 0.15) is 11.1 Å². The number of hydrogen-bond acceptors (Lipinski definition) is 2. The molecule has 110 valence electrons. The molecule has 0 saturated carbocycles. The van der Waals surface area contributed by atoms with Gasteiger partial charge in [0.2, 0.25) is 5.91 Å². The summed E-state index contributed by atoms with van der Waals surface area (Å²) < 4.78 is 0. The zero-order valence-corrected chi connectivity index (χ0v) is 12.8. The van der Waals surface area contributed by atoms with E-state index >= 15 is 0 Å². The van der Waals surface area contributed by atoms with Gasteiger partial charge in [-0.25, -0.2) is 0 Å². The van der Waals surface area contributed by atoms with E-state index in [2.05, 4.69) is 29.7 Å². The zero-order chi connectivity index (χ0) is 15.1. The van der Waals surface area contributed by atoms with Gasteiger partial charge in [-0.05, 0) is 43.1 Å². The Morgan fingerprint density at radius 3 is 2.57 bits per heavy atom. The number of hydrogen-bond donors (Lipinski definition) is 2. The molecule has 1 amide bonds. The molecule has 0 spiro atoms. The number of carbonyl (C=O) groups is 1. The first-order valence-corrected chi connectivity index (χ1v) is 7.34. The lowest BCUT2D eigenvalue weighted by Crippen LogP contribution is -2.29. The van der Waals surface area contributed by atoms with Gasteiger partial charge in [0.05, 0.1) is 17.3 Å². The SMILES string of the molecule is Cc1ccccc1CCNCC(=O)Nc1ccccc1Cl. The molecule has 0 aliphatic heterocycles. The number of aryl methyl sites for hydroxylation is 1. The number of halogens is 1. The quantitative estimate of drug-likeness (QED) is 0.803. The number of amides is 1. The molecule has 0 fully saturated rings. The van der Waals surface area contributed by atoms with E-state index in [9.17, 15) is 4.79 Å². The van der Waals surface area contributed by atoms with Crippen LogP contribution in [0.4, 0.5) is 5.69 Å². The van der Waals surface area contributed by atoms with Crippen molar-refractivity contribution in [3.63, 3.8) is 0 Å². The highest BCUT2D eigenvalue weighted by molar-refractivity contribution is 6.33. The maximum Gasteiger partial charge on any atom is 0.238 e. The Labute approximate surface area is 130 Å². The first-order chi connectivity index (χ1) is 10.2. The average molecular weight is 303 g/mol. The highest BCUT2D eigenvalue weighted by Gasteiger charge is 2.04. The fourth-order valence-electron chi connectivity index (χ4n) is 2.07. The third kappa shape index (κ3) is 4.88. The van der Waals surface area contributed by atoms with Crippen LogP contribution in [0.3, 0.4) is 0 Å². The Kier molecular flexibility index (Phi) is 5.78. The minimum absolute atomic E-state index is 0.0899. The topological polar surface area (TPSA) is 41.1 Å². The fraction of sp³-hybridized carbons (Fsp3) is 0.235. The Morgan fingerprint density at radius 1 is 1.10 bits per heavy atom. The van der Waals surface area contributed by atoms with Gasteiger partial charge in [0.25, 0.3) is 0 Å². The number of nitrogens with one attached hydrogen (secondary N) is 2. The van der Waals surface area contributed by atoms with Crippen LogP contribution in [0.25, 0.3) is 0 Å². The summed E-state index contributed by atoms with van der Waals surface area (Å²) in [5, 5.41) is 6.48. The van der Waals surface area contributed by atoms with Crippen molar-refractivity contribution in [3.8, 4) is 0 Å². The van der Waals surface area contributed by atoms with E-state index in [4.69, 9.17) is 11.6 Å². The van der Waals surface area contributed by atoms with Crippen LogP contribution in [-0.4, -0.2) is 19.0 Å². The van der Waals surface area contributed by atoms with E-state index in [1.54, 1.807) is 12.1 Å². The summed E-state index contributed by atoms with van der Waals surface area (Å²) in [6.45, 7) is 3.14. The van der Waals surface area contributed by atoms with Gasteiger partial charge in [-0.1, -0.05) is 48.0 Å². The molecule has 4 heteroatoms. The lowest BCUT2D eigenvalue weighted by molar-refractivity contribution is -0.115. The van der Waals surface area contributed by atoms with E-state index in [-0.39, 0.29) is 12.5 Å². The van der Waals surface area contributed by atoms with Crippen molar-refractivity contribution in [2.24, 2.45) is 0 Å². The van der Waals surface area contributed by atoms with Crippen LogP contribution in [0, 0.1) is 6.92 Å². The molecular formula is C17H19ClN2O. The molecule has 0 aliphatic carbocycles. The van der Waals surface area contributed by atoms with E-state index in [0.29, 0.717) is 10.7 Å². The van der Waals surface area contributed by atoms with Gasteiger partial charge < -0.3 is 10.6 Å². The highest BCUT2D eigenvalue weighted by atomic mass is 35.5. The smallest absolute Gasteiger partial charge is 0.238 e. The van der Waals surface area contributed by atoms with Crippen LogP contribution in [0.5, 0.6) is 0 Å². The second-order valence-corrected chi connectivity index (χ2v) is 5.29. The molecule has 0 unspecified atom stereocenters. The highest BCUT2D eigenvalue weighted by Crippen LogP contribution is 2.19. The molecule has 2 aromatic carbocycles. The molecule has 2 aromatic rings. The molecule has 0 radical (unpaired) electrons. The van der Waals surface area contributed by atoms with Gasteiger partial charge in [-0.3, -0.25) is 4.79 Å². The predicted octanol–water partition coefficient (Wildman–Crippen LogP) is 3.42. The molecule has 21 heavy (non-hydrogen) atoms. The summed E-state index contributed by atoms with van der Waals surface area (Å²) in [5.41, 5.74) is 3.22. The van der Waals surface area contributed by atoms with Crippen LogP contribution >= 0.6 is 11.6 Å². The molecule has 2 rings (SSSR count). The summed E-state index contributed by atoms with van der Waals surface area (Å²) in [6, 6.07) is 15.5. The van der Waals surface area contributed by atoms with E-state index < -0.39 is 0 Å². The molecule has 0 bridgehead atoms. The second-order valence-electron chi connectivity index (χ2n) is 4.88. The van der Waals surface area contributed by atoms with Crippen molar-refractivity contribution >= 4 is 23.2 Å². The number of carbonyl (C=O) groups excluding carboxylic acids is 1. The normalized spacial score (nSPS) is 10.4. The van der Waals surface area contributed by atoms with Gasteiger partial charge in [0, 0.05) is 0 Å². The lowest BCUT2D eigenvalue weighted by Gasteiger charge is -2.09. The van der Waals surface area contributed by atoms with Crippen LogP contribution < -0.4 is 10.6 Å². The van der Waals surface area contributed by atoms with Gasteiger partial charge in [-0.15, -0.1) is 0 Å². The first-order valence-electron chi connectivity index (χ1n) is 6.96. The van der Waals surface area contributed by atoms with Gasteiger partial charge >= 0.3 is 0 Å². The second kappa shape index (κ2) is 7.81. The van der Waals surface area contributed by atoms with Crippen molar-refractivity contribution in [1.82, 2.24) is 5.32 Å². The van der Waals surface area contributed by atoms with Crippen LogP contribution in [-0.2, 0) is 11.2 Å². The number of anilines is 1. The number of para-hydroxylation sites is 1. The van der Waals surface area contributed by atoms with E-state index in [1.807, 2.05) is 24.3 Å². The summed E-state index contributed by atoms with van der Waals surface area (Å²) in [4.78, 5) is 11.8. The number of rotatable bonds is 6. The Hall–Kier alpha value is -1.84. The summed E-state index contributed by atoms with van der Waals surface area (Å²) in [6.07, 6.45) is 0.909. The maximum absolute atomic E-state index is 11.8. The third-order valence-corrected chi connectivity index (χ3v) is 3.60. The molecule has 3 nitrogen and oxygen atoms in total. The molecular weight excluding hydrogens is 284 g/mol. The van der Waals surface area contributed by atoms with Crippen molar-refractivity contribution in [2.75, 3.05) is 18.4 Å². The monoisotopic (exact) mass is 302 g/mol. The lowest BCUT2D eigenvalue weighted by atomic mass is 10.1. The molecule has 0 saturated heterocycles. The predicted molar refractivity (Wildman–Crippen MR) is 87.8 cm³/mol. The summed E-state index contributed by atoms with van der Waals surface area (Å²) in [7, 11) is 0. The maximum atomic E-state index is 11.8. The van der Waals surface area contributed by atoms with Gasteiger partial charge in [0.15, 0.2) is 0 Å². The summed E-state index contributed by atoms with van der Waals surface area (Å²) in [5.74, 6) is -0.0899. The Morgan fingerprint density at radius 2 is 1.81 bits per heavy atom. The van der Waals surface area contributed by atoms with Crippen molar-refractivity contribution in [3.05, 3.63) is 64.7 Å². The standard InChI is InChI=1S/C17H19ClN2O/c1-13-6-2-3-7-14(13)10-11-19-12-17(21)20-16-9-5-4-8-15(16)18/h2-9,19H,10-12H2,1H3,(H,20,21). The molecule has 0 aliphatic rings. The van der Waals surface area contributed by atoms with E-state index in [0.717, 1.165) is 13.0 Å². The molecule has 0 aromatic heterocycles. The Bertz CT molecular complexity index is 613. The van der Waals surface area contributed by atoms with Gasteiger partial charge in [0.1, 0.15) is 0 Å². The van der Waals surface area contributed by atoms with Crippen LogP contribution in [0.15, 0.2) is 48.5 Å². The van der Waals surface area contributed by atoms with Crippen molar-refractivity contribution in [2.45, 2.75) is 13.3 Å². The fourth-order valence-corrected chi connectivity index (χ4v) is 2.26. The molecule has 0 heterocycles. The zero-order valence-electron chi connectivity index (χ0n) is 12.0. The largest absolute Gasteiger partial charge is 0.324 e.